The summed E-state index contributed by atoms with van der Waals surface area (Å²) in [4.78, 5) is 0. The summed E-state index contributed by atoms with van der Waals surface area (Å²) in [6.45, 7) is 0. The van der Waals surface area contributed by atoms with Crippen LogP contribution in [0, 0.1) is 0 Å². The number of alkyl halides is 5. The molecule has 0 rings (SSSR count). The van der Waals surface area contributed by atoms with Gasteiger partial charge >= 0.3 is 12.3 Å². The van der Waals surface area contributed by atoms with Gasteiger partial charge < -0.3 is 4.74 Å². The third kappa shape index (κ3) is 2.30. The third-order valence-corrected chi connectivity index (χ3v) is 0.688. The maximum absolute atomic E-state index is 11.5. The maximum atomic E-state index is 11.5. The maximum Gasteiger partial charge on any atom is 0.482 e. The van der Waals surface area contributed by atoms with Gasteiger partial charge in [0.05, 0.1) is 0 Å². The summed E-state index contributed by atoms with van der Waals surface area (Å²) in [7, 11) is 0. The minimum absolute atomic E-state index is 1.09. The Kier molecular flexibility index (Phi) is 2.90. The minimum Gasteiger partial charge on any atom is -0.301 e. The Hall–Kier alpha value is -0.0400. The summed E-state index contributed by atoms with van der Waals surface area (Å²) in [6, 6.07) is 0. The molecule has 10 heavy (non-hydrogen) atoms. The van der Waals surface area contributed by atoms with Crippen LogP contribution in [0.15, 0.2) is 0 Å². The lowest BCUT2D eigenvalue weighted by Crippen LogP contribution is -2.38. The second-order valence-electron chi connectivity index (χ2n) is 1.28. The second kappa shape index (κ2) is 2.91. The lowest BCUT2D eigenvalue weighted by Gasteiger charge is -2.17. The molecule has 0 aromatic heterocycles. The molecule has 0 unspecified atom stereocenters. The molecule has 0 aromatic rings. The van der Waals surface area contributed by atoms with Crippen molar-refractivity contribution in [3.05, 3.63) is 0 Å². The monoisotopic (exact) mass is 181 g/mol. The van der Waals surface area contributed by atoms with E-state index in [1.807, 2.05) is 0 Å². The van der Waals surface area contributed by atoms with Crippen molar-refractivity contribution in [3.8, 4) is 0 Å². The average Bonchev–Trinajstić information content (AvgIpc) is 1.61. The van der Waals surface area contributed by atoms with Gasteiger partial charge in [0.25, 0.3) is 0 Å². The Morgan fingerprint density at radius 1 is 1.10 bits per heavy atom. The van der Waals surface area contributed by atoms with Crippen molar-refractivity contribution in [2.45, 2.75) is 12.3 Å². The Labute approximate surface area is 58.6 Å². The molecule has 0 aliphatic carbocycles. The van der Waals surface area contributed by atoms with Crippen molar-refractivity contribution in [1.29, 1.82) is 0 Å². The minimum atomic E-state index is -5.67. The topological polar surface area (TPSA) is 9.23 Å². The fourth-order valence-electron chi connectivity index (χ4n) is 0.156. The molecule has 61 valence electrons. The van der Waals surface area contributed by atoms with Gasteiger partial charge in [0.1, 0.15) is 5.94 Å². The molecule has 0 bridgehead atoms. The molecular formula is C3H2F5OS. The predicted molar refractivity (Wildman–Crippen MR) is 24.5 cm³/mol. The van der Waals surface area contributed by atoms with E-state index in [0.29, 0.717) is 0 Å². The fourth-order valence-corrected chi connectivity index (χ4v) is 0.304. The quantitative estimate of drug-likeness (QED) is 0.594. The largest absolute Gasteiger partial charge is 0.482 e. The van der Waals surface area contributed by atoms with Crippen LogP contribution >= 0.6 is 12.6 Å². The highest BCUT2D eigenvalue weighted by atomic mass is 32.1. The van der Waals surface area contributed by atoms with Crippen molar-refractivity contribution < 1.29 is 26.7 Å². The first kappa shape index (κ1) is 9.96. The molecular weight excluding hydrogens is 179 g/mol. The van der Waals surface area contributed by atoms with Gasteiger partial charge in [-0.25, -0.2) is 0 Å². The van der Waals surface area contributed by atoms with Crippen molar-refractivity contribution in [2.24, 2.45) is 0 Å². The standard InChI is InChI=1S/C3H2F5OS/c4-2(5,6)3(7,8)9-1-10/h1H2. The first-order valence-electron chi connectivity index (χ1n) is 1.98. The summed E-state index contributed by atoms with van der Waals surface area (Å²) < 4.78 is 59.3. The average molecular weight is 181 g/mol. The van der Waals surface area contributed by atoms with Gasteiger partial charge in [-0.3, -0.25) is 0 Å². The highest BCUT2D eigenvalue weighted by molar-refractivity contribution is 7.80. The zero-order valence-corrected chi connectivity index (χ0v) is 5.23. The molecule has 0 aromatic carbocycles. The fraction of sp³-hybridized carbons (Fsp3) is 1.00. The van der Waals surface area contributed by atoms with Crippen LogP contribution in [0.1, 0.15) is 0 Å². The first-order chi connectivity index (χ1) is 4.31. The van der Waals surface area contributed by atoms with Crippen LogP contribution in [0.5, 0.6) is 0 Å². The normalized spacial score (nSPS) is 13.8. The third-order valence-electron chi connectivity index (χ3n) is 0.570. The summed E-state index contributed by atoms with van der Waals surface area (Å²) in [5.41, 5.74) is 0. The lowest BCUT2D eigenvalue weighted by atomic mass is 10.6. The molecule has 0 N–H and O–H groups in total. The van der Waals surface area contributed by atoms with Gasteiger partial charge in [0.2, 0.25) is 0 Å². The molecule has 0 amide bonds. The molecule has 0 atom stereocenters. The molecule has 7 heteroatoms. The highest BCUT2D eigenvalue weighted by Gasteiger charge is 2.59. The molecule has 1 nitrogen and oxygen atoms in total. The van der Waals surface area contributed by atoms with E-state index in [4.69, 9.17) is 0 Å². The van der Waals surface area contributed by atoms with Crippen molar-refractivity contribution >= 4 is 12.6 Å². The SMILES string of the molecule is FC(F)(F)C(F)(F)OC[S]. The van der Waals surface area contributed by atoms with Gasteiger partial charge in [-0.15, -0.1) is 0 Å². The first-order valence-corrected chi connectivity index (χ1v) is 2.55. The zero-order valence-electron chi connectivity index (χ0n) is 4.41. The van der Waals surface area contributed by atoms with Gasteiger partial charge in [-0.2, -0.15) is 22.0 Å². The predicted octanol–water partition coefficient (Wildman–Crippen LogP) is 2.31. The van der Waals surface area contributed by atoms with Crippen molar-refractivity contribution in [3.63, 3.8) is 0 Å². The molecule has 0 saturated heterocycles. The Balaban J connectivity index is 4.10. The van der Waals surface area contributed by atoms with E-state index in [0.717, 1.165) is 0 Å². The number of ether oxygens (including phenoxy) is 1. The molecule has 0 saturated carbocycles. The van der Waals surface area contributed by atoms with Crippen molar-refractivity contribution in [1.82, 2.24) is 0 Å². The molecule has 0 aliphatic rings. The molecule has 0 aliphatic heterocycles. The van der Waals surface area contributed by atoms with E-state index in [-0.39, 0.29) is 0 Å². The number of halogens is 5. The lowest BCUT2D eigenvalue weighted by molar-refractivity contribution is -0.385. The summed E-state index contributed by atoms with van der Waals surface area (Å²) in [5, 5.41) is 0. The van der Waals surface area contributed by atoms with Gasteiger partial charge in [0, 0.05) is 0 Å². The summed E-state index contributed by atoms with van der Waals surface area (Å²) in [5.74, 6) is -1.09. The van der Waals surface area contributed by atoms with E-state index >= 15 is 0 Å². The Morgan fingerprint density at radius 3 is 1.60 bits per heavy atom. The molecule has 0 spiro atoms. The van der Waals surface area contributed by atoms with E-state index in [1.54, 1.807) is 0 Å². The van der Waals surface area contributed by atoms with Crippen LogP contribution in [-0.4, -0.2) is 18.2 Å². The van der Waals surface area contributed by atoms with Crippen LogP contribution in [0.3, 0.4) is 0 Å². The molecule has 0 fully saturated rings. The van der Waals surface area contributed by atoms with Gasteiger partial charge in [-0.05, 0) is 0 Å². The number of hydrogen-bond donors (Lipinski definition) is 0. The second-order valence-corrected chi connectivity index (χ2v) is 1.51. The Morgan fingerprint density at radius 2 is 1.50 bits per heavy atom. The summed E-state index contributed by atoms with van der Waals surface area (Å²) in [6.07, 6.45) is -10.8. The van der Waals surface area contributed by atoms with Gasteiger partial charge in [0.15, 0.2) is 0 Å². The van der Waals surface area contributed by atoms with Crippen LogP contribution in [0.4, 0.5) is 22.0 Å². The number of rotatable bonds is 2. The van der Waals surface area contributed by atoms with E-state index in [2.05, 4.69) is 17.4 Å². The van der Waals surface area contributed by atoms with E-state index < -0.39 is 18.2 Å². The zero-order chi connectivity index (χ0) is 8.41. The van der Waals surface area contributed by atoms with Crippen LogP contribution in [0.25, 0.3) is 0 Å². The smallest absolute Gasteiger partial charge is 0.301 e. The van der Waals surface area contributed by atoms with Crippen LogP contribution in [-0.2, 0) is 4.74 Å². The van der Waals surface area contributed by atoms with Crippen LogP contribution in [0.2, 0.25) is 0 Å². The molecule has 1 radical (unpaired) electrons. The van der Waals surface area contributed by atoms with Gasteiger partial charge in [-0.1, -0.05) is 12.6 Å². The molecule has 0 heterocycles. The number of hydrogen-bond acceptors (Lipinski definition) is 1. The summed E-state index contributed by atoms with van der Waals surface area (Å²) >= 11 is 3.77. The van der Waals surface area contributed by atoms with E-state index in [9.17, 15) is 22.0 Å². The van der Waals surface area contributed by atoms with Crippen molar-refractivity contribution in [2.75, 3.05) is 5.94 Å². The van der Waals surface area contributed by atoms with Crippen LogP contribution < -0.4 is 0 Å². The van der Waals surface area contributed by atoms with E-state index in [1.165, 1.54) is 0 Å². The Bertz CT molecular complexity index is 110. The highest BCUT2D eigenvalue weighted by Crippen LogP contribution is 2.36.